The minimum atomic E-state index is -0.00500. The Morgan fingerprint density at radius 3 is 2.50 bits per heavy atom. The SMILES string of the molecule is Cc1ccc(N)cc1C(=O)N1CCC(NC(=O)C(C)C)CC1. The van der Waals surface area contributed by atoms with Crippen molar-refractivity contribution in [2.45, 2.75) is 39.7 Å². The average molecular weight is 303 g/mol. The summed E-state index contributed by atoms with van der Waals surface area (Å²) in [4.78, 5) is 26.2. The molecule has 0 atom stereocenters. The normalized spacial score (nSPS) is 15.9. The molecule has 1 fully saturated rings. The Kier molecular flexibility index (Phi) is 5.06. The van der Waals surface area contributed by atoms with Gasteiger partial charge in [0, 0.05) is 36.3 Å². The molecule has 1 aromatic rings. The number of anilines is 1. The van der Waals surface area contributed by atoms with Gasteiger partial charge in [-0.3, -0.25) is 9.59 Å². The summed E-state index contributed by atoms with van der Waals surface area (Å²) in [5.74, 6) is 0.101. The zero-order valence-corrected chi connectivity index (χ0v) is 13.6. The quantitative estimate of drug-likeness (QED) is 0.838. The number of rotatable bonds is 3. The van der Waals surface area contributed by atoms with E-state index in [1.807, 2.05) is 31.7 Å². The lowest BCUT2D eigenvalue weighted by molar-refractivity contribution is -0.124. The third-order valence-electron chi connectivity index (χ3n) is 4.14. The molecule has 22 heavy (non-hydrogen) atoms. The lowest BCUT2D eigenvalue weighted by atomic mass is 10.0. The van der Waals surface area contributed by atoms with Crippen molar-refractivity contribution >= 4 is 17.5 Å². The molecule has 0 unspecified atom stereocenters. The van der Waals surface area contributed by atoms with E-state index in [4.69, 9.17) is 5.73 Å². The van der Waals surface area contributed by atoms with E-state index < -0.39 is 0 Å². The molecular formula is C17H25N3O2. The summed E-state index contributed by atoms with van der Waals surface area (Å²) < 4.78 is 0. The molecule has 120 valence electrons. The number of amides is 2. The number of likely N-dealkylation sites (tertiary alicyclic amines) is 1. The Bertz CT molecular complexity index is 561. The molecule has 0 spiro atoms. The molecular weight excluding hydrogens is 278 g/mol. The Hall–Kier alpha value is -2.04. The third-order valence-corrected chi connectivity index (χ3v) is 4.14. The van der Waals surface area contributed by atoms with Crippen molar-refractivity contribution in [2.75, 3.05) is 18.8 Å². The van der Waals surface area contributed by atoms with Gasteiger partial charge in [-0.1, -0.05) is 19.9 Å². The summed E-state index contributed by atoms with van der Waals surface area (Å²) in [6.45, 7) is 7.02. The molecule has 0 aromatic heterocycles. The molecule has 0 bridgehead atoms. The first-order chi connectivity index (χ1) is 10.4. The smallest absolute Gasteiger partial charge is 0.254 e. The first-order valence-corrected chi connectivity index (χ1v) is 7.84. The van der Waals surface area contributed by atoms with Crippen LogP contribution in [0.3, 0.4) is 0 Å². The van der Waals surface area contributed by atoms with Gasteiger partial charge in [-0.05, 0) is 37.5 Å². The molecule has 1 aromatic carbocycles. The zero-order chi connectivity index (χ0) is 16.3. The predicted octanol–water partition coefficient (Wildman–Crippen LogP) is 1.95. The molecule has 0 aliphatic carbocycles. The minimum absolute atomic E-state index is 0.00500. The van der Waals surface area contributed by atoms with Gasteiger partial charge >= 0.3 is 0 Å². The van der Waals surface area contributed by atoms with Crippen molar-refractivity contribution in [3.8, 4) is 0 Å². The van der Waals surface area contributed by atoms with Crippen LogP contribution in [-0.4, -0.2) is 35.8 Å². The van der Waals surface area contributed by atoms with Crippen LogP contribution in [0.4, 0.5) is 5.69 Å². The molecule has 3 N–H and O–H groups in total. The number of carbonyl (C=O) groups excluding carboxylic acids is 2. The number of nitrogens with two attached hydrogens (primary N) is 1. The van der Waals surface area contributed by atoms with Crippen molar-refractivity contribution in [3.05, 3.63) is 29.3 Å². The van der Waals surface area contributed by atoms with Crippen LogP contribution in [0, 0.1) is 12.8 Å². The van der Waals surface area contributed by atoms with Crippen LogP contribution in [0.1, 0.15) is 42.6 Å². The van der Waals surface area contributed by atoms with E-state index in [9.17, 15) is 9.59 Å². The van der Waals surface area contributed by atoms with Crippen LogP contribution in [0.2, 0.25) is 0 Å². The average Bonchev–Trinajstić information content (AvgIpc) is 2.49. The van der Waals surface area contributed by atoms with E-state index in [0.717, 1.165) is 18.4 Å². The topological polar surface area (TPSA) is 75.4 Å². The molecule has 5 nitrogen and oxygen atoms in total. The van der Waals surface area contributed by atoms with E-state index >= 15 is 0 Å². The molecule has 5 heteroatoms. The number of hydrogen-bond donors (Lipinski definition) is 2. The molecule has 0 saturated carbocycles. The zero-order valence-electron chi connectivity index (χ0n) is 13.6. The fourth-order valence-corrected chi connectivity index (χ4v) is 2.64. The maximum absolute atomic E-state index is 12.6. The maximum atomic E-state index is 12.6. The van der Waals surface area contributed by atoms with Crippen molar-refractivity contribution in [2.24, 2.45) is 5.92 Å². The van der Waals surface area contributed by atoms with Crippen LogP contribution in [0.15, 0.2) is 18.2 Å². The number of benzene rings is 1. The number of nitrogens with zero attached hydrogens (tertiary/aromatic N) is 1. The summed E-state index contributed by atoms with van der Waals surface area (Å²) in [5, 5.41) is 3.04. The van der Waals surface area contributed by atoms with E-state index in [-0.39, 0.29) is 23.8 Å². The highest BCUT2D eigenvalue weighted by atomic mass is 16.2. The molecule has 1 aliphatic rings. The first-order valence-electron chi connectivity index (χ1n) is 7.84. The molecule has 2 rings (SSSR count). The van der Waals surface area contributed by atoms with Gasteiger partial charge in [0.05, 0.1) is 0 Å². The van der Waals surface area contributed by atoms with E-state index in [1.165, 1.54) is 0 Å². The van der Waals surface area contributed by atoms with Gasteiger partial charge in [0.1, 0.15) is 0 Å². The molecule has 2 amide bonds. The number of carbonyl (C=O) groups is 2. The maximum Gasteiger partial charge on any atom is 0.254 e. The second-order valence-electron chi connectivity index (χ2n) is 6.30. The summed E-state index contributed by atoms with van der Waals surface area (Å²) in [6, 6.07) is 5.59. The van der Waals surface area contributed by atoms with Crippen LogP contribution in [0.5, 0.6) is 0 Å². The van der Waals surface area contributed by atoms with Gasteiger partial charge < -0.3 is 16.0 Å². The van der Waals surface area contributed by atoms with Gasteiger partial charge in [0.2, 0.25) is 5.91 Å². The first kappa shape index (κ1) is 16.3. The molecule has 1 aliphatic heterocycles. The highest BCUT2D eigenvalue weighted by Crippen LogP contribution is 2.18. The summed E-state index contributed by atoms with van der Waals surface area (Å²) in [6.07, 6.45) is 1.59. The van der Waals surface area contributed by atoms with Crippen molar-refractivity contribution in [1.82, 2.24) is 10.2 Å². The van der Waals surface area contributed by atoms with Gasteiger partial charge in [-0.25, -0.2) is 0 Å². The van der Waals surface area contributed by atoms with Crippen LogP contribution in [-0.2, 0) is 4.79 Å². The number of nitrogens with one attached hydrogen (secondary N) is 1. The number of aryl methyl sites for hydroxylation is 1. The highest BCUT2D eigenvalue weighted by Gasteiger charge is 2.25. The van der Waals surface area contributed by atoms with Gasteiger partial charge in [0.25, 0.3) is 5.91 Å². The van der Waals surface area contributed by atoms with Crippen molar-refractivity contribution in [1.29, 1.82) is 0 Å². The fraction of sp³-hybridized carbons (Fsp3) is 0.529. The van der Waals surface area contributed by atoms with Crippen molar-refractivity contribution < 1.29 is 9.59 Å². The second-order valence-corrected chi connectivity index (χ2v) is 6.30. The lowest BCUT2D eigenvalue weighted by Crippen LogP contribution is -2.47. The Morgan fingerprint density at radius 2 is 1.91 bits per heavy atom. The largest absolute Gasteiger partial charge is 0.399 e. The van der Waals surface area contributed by atoms with Crippen LogP contribution in [0.25, 0.3) is 0 Å². The van der Waals surface area contributed by atoms with Gasteiger partial charge in [-0.2, -0.15) is 0 Å². The third kappa shape index (κ3) is 3.78. The predicted molar refractivity (Wildman–Crippen MR) is 87.5 cm³/mol. The van der Waals surface area contributed by atoms with Crippen molar-refractivity contribution in [3.63, 3.8) is 0 Å². The Morgan fingerprint density at radius 1 is 1.27 bits per heavy atom. The highest BCUT2D eigenvalue weighted by molar-refractivity contribution is 5.96. The summed E-state index contributed by atoms with van der Waals surface area (Å²) in [5.41, 5.74) is 8.00. The van der Waals surface area contributed by atoms with E-state index in [1.54, 1.807) is 12.1 Å². The monoisotopic (exact) mass is 303 g/mol. The number of hydrogen-bond acceptors (Lipinski definition) is 3. The number of nitrogen functional groups attached to an aromatic ring is 1. The van der Waals surface area contributed by atoms with E-state index in [2.05, 4.69) is 5.32 Å². The molecule has 0 radical (unpaired) electrons. The Balaban J connectivity index is 1.95. The van der Waals surface area contributed by atoms with Crippen LogP contribution >= 0.6 is 0 Å². The van der Waals surface area contributed by atoms with Crippen LogP contribution < -0.4 is 11.1 Å². The van der Waals surface area contributed by atoms with Gasteiger partial charge in [-0.15, -0.1) is 0 Å². The molecule has 1 heterocycles. The Labute approximate surface area is 131 Å². The fourth-order valence-electron chi connectivity index (χ4n) is 2.64. The van der Waals surface area contributed by atoms with Gasteiger partial charge in [0.15, 0.2) is 0 Å². The second kappa shape index (κ2) is 6.81. The number of piperidine rings is 1. The molecule has 1 saturated heterocycles. The summed E-state index contributed by atoms with van der Waals surface area (Å²) in [7, 11) is 0. The minimum Gasteiger partial charge on any atom is -0.399 e. The summed E-state index contributed by atoms with van der Waals surface area (Å²) >= 11 is 0. The van der Waals surface area contributed by atoms with E-state index in [0.29, 0.717) is 24.3 Å². The standard InChI is InChI=1S/C17H25N3O2/c1-11(2)16(21)19-14-6-8-20(9-7-14)17(22)15-10-13(18)5-4-12(15)3/h4-5,10-11,14H,6-9,18H2,1-3H3,(H,19,21). The lowest BCUT2D eigenvalue weighted by Gasteiger charge is -2.33.